The lowest BCUT2D eigenvalue weighted by Gasteiger charge is -2.26. The number of aliphatic carboxylic acids is 1. The summed E-state index contributed by atoms with van der Waals surface area (Å²) in [5.74, 6) is -2.08. The Kier molecular flexibility index (Phi) is 5.22. The first-order chi connectivity index (χ1) is 7.17. The number of nitrogens with zero attached hydrogens (tertiary/aromatic N) is 1. The summed E-state index contributed by atoms with van der Waals surface area (Å²) in [7, 11) is 1.27. The molecule has 0 bridgehead atoms. The van der Waals surface area contributed by atoms with Gasteiger partial charge in [0.05, 0.1) is 19.1 Å². The van der Waals surface area contributed by atoms with Crippen molar-refractivity contribution < 1.29 is 27.9 Å². The SMILES string of the molecule is CNC(=O)C(C)N(CC(=O)O)CC(F)(F)F. The number of carboxylic acid groups (broad SMARTS) is 1. The van der Waals surface area contributed by atoms with Gasteiger partial charge in [0.1, 0.15) is 0 Å². The largest absolute Gasteiger partial charge is 0.480 e. The van der Waals surface area contributed by atoms with E-state index in [4.69, 9.17) is 5.11 Å². The van der Waals surface area contributed by atoms with Gasteiger partial charge in [0.2, 0.25) is 5.91 Å². The van der Waals surface area contributed by atoms with E-state index in [0.717, 1.165) is 0 Å². The molecule has 0 saturated carbocycles. The minimum atomic E-state index is -4.54. The fourth-order valence-electron chi connectivity index (χ4n) is 1.11. The fraction of sp³-hybridized carbons (Fsp3) is 0.750. The maximum Gasteiger partial charge on any atom is 0.401 e. The molecule has 2 N–H and O–H groups in total. The molecular weight excluding hydrogens is 229 g/mol. The average molecular weight is 242 g/mol. The van der Waals surface area contributed by atoms with Gasteiger partial charge in [0.25, 0.3) is 0 Å². The first-order valence-electron chi connectivity index (χ1n) is 4.41. The van der Waals surface area contributed by atoms with Gasteiger partial charge in [-0.1, -0.05) is 0 Å². The van der Waals surface area contributed by atoms with Crippen LogP contribution in [0.3, 0.4) is 0 Å². The Morgan fingerprint density at radius 1 is 1.44 bits per heavy atom. The number of likely N-dealkylation sites (N-methyl/N-ethyl adjacent to an activating group) is 1. The summed E-state index contributed by atoms with van der Waals surface area (Å²) < 4.78 is 36.4. The van der Waals surface area contributed by atoms with Crippen LogP contribution in [0, 0.1) is 0 Å². The van der Waals surface area contributed by atoms with Gasteiger partial charge >= 0.3 is 12.1 Å². The van der Waals surface area contributed by atoms with Gasteiger partial charge in [-0.25, -0.2) is 0 Å². The van der Waals surface area contributed by atoms with Gasteiger partial charge in [-0.15, -0.1) is 0 Å². The normalized spacial score (nSPS) is 13.6. The minimum absolute atomic E-state index is 0.543. The predicted molar refractivity (Wildman–Crippen MR) is 48.8 cm³/mol. The van der Waals surface area contributed by atoms with Crippen molar-refractivity contribution in [3.05, 3.63) is 0 Å². The van der Waals surface area contributed by atoms with Crippen molar-refractivity contribution in [1.82, 2.24) is 10.2 Å². The van der Waals surface area contributed by atoms with Crippen LogP contribution in [0.25, 0.3) is 0 Å². The molecule has 0 aliphatic rings. The number of amides is 1. The monoisotopic (exact) mass is 242 g/mol. The van der Waals surface area contributed by atoms with E-state index in [0.29, 0.717) is 4.90 Å². The summed E-state index contributed by atoms with van der Waals surface area (Å²) in [6.07, 6.45) is -4.54. The number of hydrogen-bond acceptors (Lipinski definition) is 3. The Bertz CT molecular complexity index is 268. The molecule has 0 fully saturated rings. The van der Waals surface area contributed by atoms with E-state index in [2.05, 4.69) is 5.32 Å². The highest BCUT2D eigenvalue weighted by atomic mass is 19.4. The van der Waals surface area contributed by atoms with E-state index >= 15 is 0 Å². The van der Waals surface area contributed by atoms with E-state index < -0.39 is 37.2 Å². The van der Waals surface area contributed by atoms with Crippen molar-refractivity contribution in [2.45, 2.75) is 19.1 Å². The zero-order chi connectivity index (χ0) is 12.9. The molecule has 0 rings (SSSR count). The van der Waals surface area contributed by atoms with Gasteiger partial charge in [-0.2, -0.15) is 13.2 Å². The van der Waals surface area contributed by atoms with Crippen LogP contribution in [0.4, 0.5) is 13.2 Å². The highest BCUT2D eigenvalue weighted by Gasteiger charge is 2.35. The first kappa shape index (κ1) is 14.7. The molecule has 0 aliphatic carbocycles. The van der Waals surface area contributed by atoms with Crippen molar-refractivity contribution in [3.63, 3.8) is 0 Å². The predicted octanol–water partition coefficient (Wildman–Crippen LogP) is 0.0698. The van der Waals surface area contributed by atoms with Crippen LogP contribution >= 0.6 is 0 Å². The molecule has 0 radical (unpaired) electrons. The van der Waals surface area contributed by atoms with Crippen molar-refractivity contribution in [3.8, 4) is 0 Å². The molecule has 94 valence electrons. The fourth-order valence-corrected chi connectivity index (χ4v) is 1.11. The van der Waals surface area contributed by atoms with Crippen LogP contribution in [0.1, 0.15) is 6.92 Å². The number of nitrogens with one attached hydrogen (secondary N) is 1. The molecule has 0 aromatic rings. The average Bonchev–Trinajstić information content (AvgIpc) is 2.11. The highest BCUT2D eigenvalue weighted by Crippen LogP contribution is 2.17. The van der Waals surface area contributed by atoms with Gasteiger partial charge in [-0.3, -0.25) is 14.5 Å². The number of carbonyl (C=O) groups excluding carboxylic acids is 1. The topological polar surface area (TPSA) is 69.6 Å². The molecule has 5 nitrogen and oxygen atoms in total. The molecule has 1 atom stereocenters. The lowest BCUT2D eigenvalue weighted by molar-refractivity contribution is -0.160. The van der Waals surface area contributed by atoms with E-state index in [1.165, 1.54) is 14.0 Å². The second-order valence-electron chi connectivity index (χ2n) is 3.20. The van der Waals surface area contributed by atoms with Crippen molar-refractivity contribution in [2.24, 2.45) is 0 Å². The molecule has 1 amide bonds. The summed E-state index contributed by atoms with van der Waals surface area (Å²) in [5, 5.41) is 10.6. The number of alkyl halides is 3. The quantitative estimate of drug-likeness (QED) is 0.715. The Balaban J connectivity index is 4.66. The molecule has 0 aromatic carbocycles. The maximum atomic E-state index is 12.1. The standard InChI is InChI=1S/C8H13F3N2O3/c1-5(7(16)12-2)13(3-6(14)15)4-8(9,10)11/h5H,3-4H2,1-2H3,(H,12,16)(H,14,15). The Labute approximate surface area is 90.2 Å². The Hall–Kier alpha value is -1.31. The Morgan fingerprint density at radius 3 is 2.25 bits per heavy atom. The van der Waals surface area contributed by atoms with Crippen LogP contribution < -0.4 is 5.32 Å². The summed E-state index contributed by atoms with van der Waals surface area (Å²) in [5.41, 5.74) is 0. The minimum Gasteiger partial charge on any atom is -0.480 e. The highest BCUT2D eigenvalue weighted by molar-refractivity contribution is 5.81. The van der Waals surface area contributed by atoms with Gasteiger partial charge < -0.3 is 10.4 Å². The maximum absolute atomic E-state index is 12.1. The lowest BCUT2D eigenvalue weighted by atomic mass is 10.2. The van der Waals surface area contributed by atoms with Crippen LogP contribution in [0.15, 0.2) is 0 Å². The zero-order valence-electron chi connectivity index (χ0n) is 8.84. The third-order valence-electron chi connectivity index (χ3n) is 1.89. The van der Waals surface area contributed by atoms with Gasteiger partial charge in [0.15, 0.2) is 0 Å². The number of hydrogen-bond donors (Lipinski definition) is 2. The van der Waals surface area contributed by atoms with E-state index in [9.17, 15) is 22.8 Å². The van der Waals surface area contributed by atoms with Gasteiger partial charge in [0, 0.05) is 7.05 Å². The number of carboxylic acids is 1. The van der Waals surface area contributed by atoms with Crippen LogP contribution in [-0.4, -0.2) is 54.2 Å². The second kappa shape index (κ2) is 5.69. The summed E-state index contributed by atoms with van der Waals surface area (Å²) >= 11 is 0. The number of carbonyl (C=O) groups is 2. The molecule has 8 heteroatoms. The van der Waals surface area contributed by atoms with E-state index in [1.54, 1.807) is 0 Å². The molecule has 0 saturated heterocycles. The molecule has 0 spiro atoms. The van der Waals surface area contributed by atoms with E-state index in [-0.39, 0.29) is 0 Å². The lowest BCUT2D eigenvalue weighted by Crippen LogP contribution is -2.49. The molecule has 0 heterocycles. The Morgan fingerprint density at radius 2 is 1.94 bits per heavy atom. The second-order valence-corrected chi connectivity index (χ2v) is 3.20. The summed E-state index contributed by atoms with van der Waals surface area (Å²) in [4.78, 5) is 22.0. The van der Waals surface area contributed by atoms with Crippen LogP contribution in [-0.2, 0) is 9.59 Å². The smallest absolute Gasteiger partial charge is 0.401 e. The molecule has 1 unspecified atom stereocenters. The number of rotatable bonds is 5. The number of halogens is 3. The van der Waals surface area contributed by atoms with Gasteiger partial charge in [-0.05, 0) is 6.92 Å². The summed E-state index contributed by atoms with van der Waals surface area (Å²) in [6, 6.07) is -1.15. The molecule has 16 heavy (non-hydrogen) atoms. The summed E-state index contributed by atoms with van der Waals surface area (Å²) in [6.45, 7) is -1.06. The first-order valence-corrected chi connectivity index (χ1v) is 4.41. The van der Waals surface area contributed by atoms with Crippen molar-refractivity contribution in [1.29, 1.82) is 0 Å². The van der Waals surface area contributed by atoms with Crippen molar-refractivity contribution >= 4 is 11.9 Å². The zero-order valence-corrected chi connectivity index (χ0v) is 8.84. The van der Waals surface area contributed by atoms with Crippen LogP contribution in [0.2, 0.25) is 0 Å². The molecular formula is C8H13F3N2O3. The third kappa shape index (κ3) is 5.54. The molecule has 0 aromatic heterocycles. The van der Waals surface area contributed by atoms with E-state index in [1.807, 2.05) is 0 Å². The third-order valence-corrected chi connectivity index (χ3v) is 1.89. The van der Waals surface area contributed by atoms with Crippen LogP contribution in [0.5, 0.6) is 0 Å². The van der Waals surface area contributed by atoms with Crippen molar-refractivity contribution in [2.75, 3.05) is 20.1 Å². The molecule has 0 aliphatic heterocycles.